The SMILES string of the molecule is CCN(CC)CCN(C(=O)c1cc(OC)c(OC)c(OC)c1)c1nc2ccc(Br)cc2s1. The number of anilines is 1. The molecule has 0 saturated carbocycles. The van der Waals surface area contributed by atoms with Gasteiger partial charge in [0.25, 0.3) is 5.91 Å². The number of rotatable bonds is 10. The summed E-state index contributed by atoms with van der Waals surface area (Å²) in [6.07, 6.45) is 0. The Balaban J connectivity index is 2.04. The third kappa shape index (κ3) is 5.16. The molecule has 0 N–H and O–H groups in total. The standard InChI is InChI=1S/C23H28BrN3O4S/c1-6-26(7-2)10-11-27(23-25-17-9-8-16(24)14-20(17)32-23)22(28)15-12-18(29-3)21(31-5)19(13-15)30-4/h8-9,12-14H,6-7,10-11H2,1-5H3. The highest BCUT2D eigenvalue weighted by molar-refractivity contribution is 9.10. The van der Waals surface area contributed by atoms with E-state index >= 15 is 0 Å². The predicted molar refractivity (Wildman–Crippen MR) is 133 cm³/mol. The molecule has 7 nitrogen and oxygen atoms in total. The first-order valence-corrected chi connectivity index (χ1v) is 12.0. The maximum atomic E-state index is 13.7. The van der Waals surface area contributed by atoms with Gasteiger partial charge in [-0.1, -0.05) is 41.1 Å². The van der Waals surface area contributed by atoms with Crippen LogP contribution in [0.25, 0.3) is 10.2 Å². The van der Waals surface area contributed by atoms with E-state index in [2.05, 4.69) is 34.7 Å². The molecular weight excluding hydrogens is 494 g/mol. The average Bonchev–Trinajstić information content (AvgIpc) is 3.23. The number of hydrogen-bond donors (Lipinski definition) is 0. The quantitative estimate of drug-likeness (QED) is 0.371. The number of ether oxygens (including phenoxy) is 3. The minimum atomic E-state index is -0.172. The molecule has 1 amide bonds. The molecule has 0 atom stereocenters. The third-order valence-corrected chi connectivity index (χ3v) is 6.80. The summed E-state index contributed by atoms with van der Waals surface area (Å²) >= 11 is 5.01. The van der Waals surface area contributed by atoms with E-state index in [0.29, 0.717) is 34.5 Å². The zero-order valence-corrected chi connectivity index (χ0v) is 21.4. The second-order valence-electron chi connectivity index (χ2n) is 7.01. The van der Waals surface area contributed by atoms with E-state index in [4.69, 9.17) is 19.2 Å². The van der Waals surface area contributed by atoms with E-state index in [1.54, 1.807) is 17.0 Å². The van der Waals surface area contributed by atoms with E-state index in [9.17, 15) is 4.79 Å². The van der Waals surface area contributed by atoms with Crippen LogP contribution in [0.1, 0.15) is 24.2 Å². The Bertz CT molecular complexity index is 1060. The van der Waals surface area contributed by atoms with Gasteiger partial charge in [-0.25, -0.2) is 4.98 Å². The van der Waals surface area contributed by atoms with E-state index in [1.165, 1.54) is 32.7 Å². The number of aromatic nitrogens is 1. The largest absolute Gasteiger partial charge is 0.493 e. The molecule has 0 aliphatic heterocycles. The molecule has 0 spiro atoms. The number of likely N-dealkylation sites (N-methyl/N-ethyl adjacent to an activating group) is 1. The molecule has 1 aromatic heterocycles. The van der Waals surface area contributed by atoms with Crippen LogP contribution >= 0.6 is 27.3 Å². The van der Waals surface area contributed by atoms with Crippen LogP contribution in [0.15, 0.2) is 34.8 Å². The lowest BCUT2D eigenvalue weighted by Gasteiger charge is -2.25. The number of fused-ring (bicyclic) bond motifs is 1. The Labute approximate surface area is 201 Å². The molecular formula is C23H28BrN3O4S. The lowest BCUT2D eigenvalue weighted by Crippen LogP contribution is -2.38. The van der Waals surface area contributed by atoms with Crippen molar-refractivity contribution in [1.29, 1.82) is 0 Å². The molecule has 0 unspecified atom stereocenters. The highest BCUT2D eigenvalue weighted by Crippen LogP contribution is 2.39. The zero-order valence-electron chi connectivity index (χ0n) is 19.0. The van der Waals surface area contributed by atoms with Crippen molar-refractivity contribution >= 4 is 48.5 Å². The summed E-state index contributed by atoms with van der Waals surface area (Å²) in [6.45, 7) is 7.31. The summed E-state index contributed by atoms with van der Waals surface area (Å²) in [6, 6.07) is 9.28. The van der Waals surface area contributed by atoms with Crippen LogP contribution in [0.5, 0.6) is 17.2 Å². The van der Waals surface area contributed by atoms with Gasteiger partial charge in [-0.2, -0.15) is 0 Å². The van der Waals surface area contributed by atoms with Gasteiger partial charge in [-0.3, -0.25) is 9.69 Å². The summed E-state index contributed by atoms with van der Waals surface area (Å²) in [4.78, 5) is 22.5. The number of nitrogens with zero attached hydrogens (tertiary/aromatic N) is 3. The second kappa shape index (κ2) is 11.0. The minimum absolute atomic E-state index is 0.172. The molecule has 172 valence electrons. The van der Waals surface area contributed by atoms with Crippen molar-refractivity contribution in [1.82, 2.24) is 9.88 Å². The lowest BCUT2D eigenvalue weighted by molar-refractivity contribution is 0.0983. The van der Waals surface area contributed by atoms with Crippen LogP contribution in [0.3, 0.4) is 0 Å². The van der Waals surface area contributed by atoms with Gasteiger partial charge in [0.15, 0.2) is 16.6 Å². The van der Waals surface area contributed by atoms with Gasteiger partial charge in [0.1, 0.15) is 0 Å². The second-order valence-corrected chi connectivity index (χ2v) is 8.93. The van der Waals surface area contributed by atoms with Crippen molar-refractivity contribution in [2.45, 2.75) is 13.8 Å². The first-order chi connectivity index (χ1) is 15.4. The van der Waals surface area contributed by atoms with Gasteiger partial charge < -0.3 is 19.1 Å². The van der Waals surface area contributed by atoms with Crippen LogP contribution < -0.4 is 19.1 Å². The number of carbonyl (C=O) groups excluding carboxylic acids is 1. The third-order valence-electron chi connectivity index (χ3n) is 5.26. The maximum absolute atomic E-state index is 13.7. The zero-order chi connectivity index (χ0) is 23.3. The highest BCUT2D eigenvalue weighted by atomic mass is 79.9. The summed E-state index contributed by atoms with van der Waals surface area (Å²) in [5.74, 6) is 1.15. The van der Waals surface area contributed by atoms with Gasteiger partial charge in [0, 0.05) is 23.1 Å². The van der Waals surface area contributed by atoms with Crippen molar-refractivity contribution in [3.05, 3.63) is 40.4 Å². The van der Waals surface area contributed by atoms with E-state index in [0.717, 1.165) is 34.3 Å². The molecule has 32 heavy (non-hydrogen) atoms. The molecule has 2 aromatic carbocycles. The van der Waals surface area contributed by atoms with Gasteiger partial charge in [-0.05, 0) is 43.4 Å². The number of amides is 1. The number of carbonyl (C=O) groups is 1. The van der Waals surface area contributed by atoms with Crippen LogP contribution in [0.2, 0.25) is 0 Å². The van der Waals surface area contributed by atoms with Gasteiger partial charge >= 0.3 is 0 Å². The van der Waals surface area contributed by atoms with Crippen LogP contribution in [0.4, 0.5) is 5.13 Å². The van der Waals surface area contributed by atoms with Crippen molar-refractivity contribution in [3.63, 3.8) is 0 Å². The first kappa shape index (κ1) is 24.3. The van der Waals surface area contributed by atoms with Crippen molar-refractivity contribution in [2.24, 2.45) is 0 Å². The molecule has 1 heterocycles. The van der Waals surface area contributed by atoms with Gasteiger partial charge in [-0.15, -0.1) is 0 Å². The van der Waals surface area contributed by atoms with Crippen LogP contribution in [0, 0.1) is 0 Å². The van der Waals surface area contributed by atoms with E-state index in [-0.39, 0.29) is 5.91 Å². The molecule has 0 fully saturated rings. The summed E-state index contributed by atoms with van der Waals surface area (Å²) in [5, 5.41) is 0.656. The Morgan fingerprint density at radius 2 is 1.66 bits per heavy atom. The topological polar surface area (TPSA) is 64.1 Å². The number of hydrogen-bond acceptors (Lipinski definition) is 7. The Kier molecular flexibility index (Phi) is 8.33. The normalized spacial score (nSPS) is 11.1. The summed E-state index contributed by atoms with van der Waals surface area (Å²) in [7, 11) is 4.61. The molecule has 3 aromatic rings. The van der Waals surface area contributed by atoms with Crippen molar-refractivity contribution in [3.8, 4) is 17.2 Å². The number of thiazole rings is 1. The molecule has 0 radical (unpaired) electrons. The van der Waals surface area contributed by atoms with E-state index < -0.39 is 0 Å². The smallest absolute Gasteiger partial charge is 0.260 e. The van der Waals surface area contributed by atoms with Crippen LogP contribution in [-0.4, -0.2) is 63.3 Å². The van der Waals surface area contributed by atoms with Crippen molar-refractivity contribution in [2.75, 3.05) is 52.4 Å². The lowest BCUT2D eigenvalue weighted by atomic mass is 10.1. The summed E-state index contributed by atoms with van der Waals surface area (Å²) in [5.41, 5.74) is 1.30. The predicted octanol–water partition coefficient (Wildman–Crippen LogP) is 5.07. The van der Waals surface area contributed by atoms with Crippen LogP contribution in [-0.2, 0) is 0 Å². The fourth-order valence-electron chi connectivity index (χ4n) is 3.43. The Morgan fingerprint density at radius 1 is 1.00 bits per heavy atom. The minimum Gasteiger partial charge on any atom is -0.493 e. The molecule has 0 aliphatic rings. The summed E-state index contributed by atoms with van der Waals surface area (Å²) < 4.78 is 18.3. The maximum Gasteiger partial charge on any atom is 0.260 e. The first-order valence-electron chi connectivity index (χ1n) is 10.4. The number of halogens is 1. The molecule has 0 aliphatic carbocycles. The molecule has 0 saturated heterocycles. The molecule has 3 rings (SSSR count). The van der Waals surface area contributed by atoms with Gasteiger partial charge in [0.05, 0.1) is 31.5 Å². The highest BCUT2D eigenvalue weighted by Gasteiger charge is 2.25. The molecule has 0 bridgehead atoms. The van der Waals surface area contributed by atoms with Crippen molar-refractivity contribution < 1.29 is 19.0 Å². The Hall–Kier alpha value is -2.36. The number of benzene rings is 2. The monoisotopic (exact) mass is 521 g/mol. The molecule has 9 heteroatoms. The fraction of sp³-hybridized carbons (Fsp3) is 0.391. The number of methoxy groups -OCH3 is 3. The Morgan fingerprint density at radius 3 is 2.22 bits per heavy atom. The fourth-order valence-corrected chi connectivity index (χ4v) is 4.97. The van der Waals surface area contributed by atoms with E-state index in [1.807, 2.05) is 18.2 Å². The van der Waals surface area contributed by atoms with Gasteiger partial charge in [0.2, 0.25) is 5.75 Å². The average molecular weight is 522 g/mol.